The lowest BCUT2D eigenvalue weighted by molar-refractivity contribution is 0.111. The SMILES string of the molecule is CCCc1ccc(C=O)nc1OC. The Labute approximate surface area is 77.8 Å². The molecule has 0 atom stereocenters. The van der Waals surface area contributed by atoms with E-state index in [1.165, 1.54) is 0 Å². The van der Waals surface area contributed by atoms with Gasteiger partial charge in [-0.1, -0.05) is 19.4 Å². The zero-order valence-corrected chi connectivity index (χ0v) is 7.91. The molecule has 13 heavy (non-hydrogen) atoms. The molecule has 1 heterocycles. The largest absolute Gasteiger partial charge is 0.481 e. The lowest BCUT2D eigenvalue weighted by atomic mass is 10.1. The summed E-state index contributed by atoms with van der Waals surface area (Å²) >= 11 is 0. The summed E-state index contributed by atoms with van der Waals surface area (Å²) in [6.07, 6.45) is 2.69. The number of aldehydes is 1. The van der Waals surface area contributed by atoms with E-state index in [0.717, 1.165) is 24.7 Å². The van der Waals surface area contributed by atoms with Gasteiger partial charge in [0.15, 0.2) is 6.29 Å². The van der Waals surface area contributed by atoms with Gasteiger partial charge >= 0.3 is 0 Å². The lowest BCUT2D eigenvalue weighted by Crippen LogP contribution is -1.97. The van der Waals surface area contributed by atoms with E-state index in [2.05, 4.69) is 11.9 Å². The highest BCUT2D eigenvalue weighted by atomic mass is 16.5. The molecule has 0 bridgehead atoms. The summed E-state index contributed by atoms with van der Waals surface area (Å²) in [4.78, 5) is 14.5. The Morgan fingerprint density at radius 2 is 2.31 bits per heavy atom. The van der Waals surface area contributed by atoms with E-state index in [4.69, 9.17) is 4.74 Å². The van der Waals surface area contributed by atoms with E-state index in [9.17, 15) is 4.79 Å². The number of carbonyl (C=O) groups excluding carboxylic acids is 1. The van der Waals surface area contributed by atoms with Gasteiger partial charge in [-0.2, -0.15) is 0 Å². The summed E-state index contributed by atoms with van der Waals surface area (Å²) in [5.74, 6) is 0.562. The molecule has 1 aromatic heterocycles. The number of aryl methyl sites for hydroxylation is 1. The van der Waals surface area contributed by atoms with Crippen LogP contribution in [-0.4, -0.2) is 18.4 Å². The Bertz CT molecular complexity index is 297. The van der Waals surface area contributed by atoms with Gasteiger partial charge < -0.3 is 4.74 Å². The molecule has 0 saturated heterocycles. The summed E-state index contributed by atoms with van der Waals surface area (Å²) in [7, 11) is 1.57. The normalized spacial score (nSPS) is 9.69. The van der Waals surface area contributed by atoms with E-state index >= 15 is 0 Å². The van der Waals surface area contributed by atoms with Crippen molar-refractivity contribution in [1.29, 1.82) is 0 Å². The fourth-order valence-electron chi connectivity index (χ4n) is 1.19. The molecule has 0 fully saturated rings. The van der Waals surface area contributed by atoms with Crippen molar-refractivity contribution in [3.05, 3.63) is 23.4 Å². The van der Waals surface area contributed by atoms with Crippen molar-refractivity contribution in [2.75, 3.05) is 7.11 Å². The van der Waals surface area contributed by atoms with Crippen molar-refractivity contribution in [2.24, 2.45) is 0 Å². The maximum Gasteiger partial charge on any atom is 0.216 e. The maximum atomic E-state index is 10.4. The first-order valence-corrected chi connectivity index (χ1v) is 4.31. The molecule has 3 nitrogen and oxygen atoms in total. The molecule has 0 unspecified atom stereocenters. The van der Waals surface area contributed by atoms with Crippen LogP contribution in [0.4, 0.5) is 0 Å². The molecule has 3 heteroatoms. The summed E-state index contributed by atoms with van der Waals surface area (Å²) < 4.78 is 5.07. The van der Waals surface area contributed by atoms with Crippen molar-refractivity contribution >= 4 is 6.29 Å². The fraction of sp³-hybridized carbons (Fsp3) is 0.400. The van der Waals surface area contributed by atoms with Crippen LogP contribution in [0.2, 0.25) is 0 Å². The van der Waals surface area contributed by atoms with Crippen LogP contribution in [0.3, 0.4) is 0 Å². The minimum atomic E-state index is 0.414. The molecule has 0 radical (unpaired) electrons. The molecule has 0 aliphatic rings. The zero-order chi connectivity index (χ0) is 9.68. The zero-order valence-electron chi connectivity index (χ0n) is 7.91. The van der Waals surface area contributed by atoms with Gasteiger partial charge in [0.25, 0.3) is 0 Å². The van der Waals surface area contributed by atoms with Gasteiger partial charge in [0, 0.05) is 5.56 Å². The topological polar surface area (TPSA) is 39.2 Å². The van der Waals surface area contributed by atoms with E-state index in [1.807, 2.05) is 6.07 Å². The Hall–Kier alpha value is -1.38. The van der Waals surface area contributed by atoms with Gasteiger partial charge in [-0.05, 0) is 12.5 Å². The molecule has 0 N–H and O–H groups in total. The molecule has 0 aliphatic heterocycles. The molecule has 0 amide bonds. The summed E-state index contributed by atoms with van der Waals surface area (Å²) in [5.41, 5.74) is 1.47. The Balaban J connectivity index is 3.00. The standard InChI is InChI=1S/C10H13NO2/c1-3-4-8-5-6-9(7-12)11-10(8)13-2/h5-7H,3-4H2,1-2H3. The number of rotatable bonds is 4. The van der Waals surface area contributed by atoms with Crippen molar-refractivity contribution < 1.29 is 9.53 Å². The quantitative estimate of drug-likeness (QED) is 0.662. The summed E-state index contributed by atoms with van der Waals surface area (Å²) in [6, 6.07) is 3.60. The lowest BCUT2D eigenvalue weighted by Gasteiger charge is -2.05. The van der Waals surface area contributed by atoms with Gasteiger partial charge in [0.1, 0.15) is 5.69 Å². The average Bonchev–Trinajstić information content (AvgIpc) is 2.19. The van der Waals surface area contributed by atoms with Crippen molar-refractivity contribution in [1.82, 2.24) is 4.98 Å². The number of methoxy groups -OCH3 is 1. The van der Waals surface area contributed by atoms with Crippen molar-refractivity contribution in [2.45, 2.75) is 19.8 Å². The smallest absolute Gasteiger partial charge is 0.216 e. The molecule has 0 saturated carbocycles. The van der Waals surface area contributed by atoms with Gasteiger partial charge in [-0.15, -0.1) is 0 Å². The van der Waals surface area contributed by atoms with Crippen molar-refractivity contribution in [3.8, 4) is 5.88 Å². The second-order valence-corrected chi connectivity index (χ2v) is 2.77. The number of hydrogen-bond donors (Lipinski definition) is 0. The Morgan fingerprint density at radius 3 is 2.85 bits per heavy atom. The summed E-state index contributed by atoms with van der Waals surface area (Å²) in [6.45, 7) is 2.09. The predicted octanol–water partition coefficient (Wildman–Crippen LogP) is 1.86. The van der Waals surface area contributed by atoms with E-state index in [1.54, 1.807) is 13.2 Å². The number of ether oxygens (including phenoxy) is 1. The molecular formula is C10H13NO2. The van der Waals surface area contributed by atoms with Gasteiger partial charge in [0.2, 0.25) is 5.88 Å². The van der Waals surface area contributed by atoms with Crippen LogP contribution in [0.1, 0.15) is 29.4 Å². The molecule has 0 aromatic carbocycles. The average molecular weight is 179 g/mol. The number of carbonyl (C=O) groups is 1. The molecule has 70 valence electrons. The number of aromatic nitrogens is 1. The third-order valence-electron chi connectivity index (χ3n) is 1.79. The van der Waals surface area contributed by atoms with Gasteiger partial charge in [-0.3, -0.25) is 4.79 Å². The molecule has 1 rings (SSSR count). The molecule has 0 aliphatic carbocycles. The minimum absolute atomic E-state index is 0.414. The van der Waals surface area contributed by atoms with E-state index in [-0.39, 0.29) is 0 Å². The van der Waals surface area contributed by atoms with Crippen LogP contribution in [0.5, 0.6) is 5.88 Å². The van der Waals surface area contributed by atoms with Crippen LogP contribution in [0, 0.1) is 0 Å². The van der Waals surface area contributed by atoms with Crippen LogP contribution in [0.25, 0.3) is 0 Å². The number of nitrogens with zero attached hydrogens (tertiary/aromatic N) is 1. The van der Waals surface area contributed by atoms with Crippen LogP contribution in [-0.2, 0) is 6.42 Å². The Kier molecular flexibility index (Phi) is 3.43. The van der Waals surface area contributed by atoms with Crippen LogP contribution < -0.4 is 4.74 Å². The molecular weight excluding hydrogens is 166 g/mol. The fourth-order valence-corrected chi connectivity index (χ4v) is 1.19. The first-order valence-electron chi connectivity index (χ1n) is 4.31. The van der Waals surface area contributed by atoms with E-state index in [0.29, 0.717) is 11.6 Å². The highest BCUT2D eigenvalue weighted by molar-refractivity contribution is 5.72. The van der Waals surface area contributed by atoms with Crippen LogP contribution >= 0.6 is 0 Å². The summed E-state index contributed by atoms with van der Waals surface area (Å²) in [5, 5.41) is 0. The molecule has 0 spiro atoms. The van der Waals surface area contributed by atoms with Crippen molar-refractivity contribution in [3.63, 3.8) is 0 Å². The third kappa shape index (κ3) is 2.28. The molecule has 1 aromatic rings. The van der Waals surface area contributed by atoms with Gasteiger partial charge in [-0.25, -0.2) is 4.98 Å². The number of hydrogen-bond acceptors (Lipinski definition) is 3. The van der Waals surface area contributed by atoms with Gasteiger partial charge in [0.05, 0.1) is 7.11 Å². The highest BCUT2D eigenvalue weighted by Gasteiger charge is 2.04. The first-order chi connectivity index (χ1) is 6.31. The Morgan fingerprint density at radius 1 is 1.54 bits per heavy atom. The second-order valence-electron chi connectivity index (χ2n) is 2.77. The van der Waals surface area contributed by atoms with Crippen LogP contribution in [0.15, 0.2) is 12.1 Å². The third-order valence-corrected chi connectivity index (χ3v) is 1.79. The minimum Gasteiger partial charge on any atom is -0.481 e. The predicted molar refractivity (Wildman–Crippen MR) is 50.2 cm³/mol. The van der Waals surface area contributed by atoms with E-state index < -0.39 is 0 Å². The maximum absolute atomic E-state index is 10.4. The monoisotopic (exact) mass is 179 g/mol. The second kappa shape index (κ2) is 4.60. The highest BCUT2D eigenvalue weighted by Crippen LogP contribution is 2.16. The number of pyridine rings is 1. The first kappa shape index (κ1) is 9.71.